The minimum atomic E-state index is -0.865. The molecule has 0 bridgehead atoms. The third-order valence-electron chi connectivity index (χ3n) is 3.08. The van der Waals surface area contributed by atoms with Gasteiger partial charge < -0.3 is 10.4 Å². The van der Waals surface area contributed by atoms with Crippen LogP contribution in [0.25, 0.3) is 0 Å². The summed E-state index contributed by atoms with van der Waals surface area (Å²) >= 11 is 0. The molecule has 1 rings (SSSR count). The summed E-state index contributed by atoms with van der Waals surface area (Å²) in [6, 6.07) is 7.67. The number of hydrogen-bond acceptors (Lipinski definition) is 2. The Hall–Kier alpha value is -1.84. The summed E-state index contributed by atoms with van der Waals surface area (Å²) in [5.74, 6) is -1.17. The van der Waals surface area contributed by atoms with Crippen LogP contribution in [-0.2, 0) is 9.59 Å². The van der Waals surface area contributed by atoms with Crippen LogP contribution in [0, 0.1) is 5.92 Å². The highest BCUT2D eigenvalue weighted by Crippen LogP contribution is 2.23. The zero-order valence-electron chi connectivity index (χ0n) is 11.6. The summed E-state index contributed by atoms with van der Waals surface area (Å²) in [6.45, 7) is 5.74. The van der Waals surface area contributed by atoms with E-state index in [0.29, 0.717) is 12.3 Å². The lowest BCUT2D eigenvalue weighted by Crippen LogP contribution is -2.17. The fraction of sp³-hybridized carbons (Fsp3) is 0.467. The number of benzene rings is 1. The van der Waals surface area contributed by atoms with Crippen LogP contribution in [0.2, 0.25) is 0 Å². The smallest absolute Gasteiger partial charge is 0.306 e. The molecule has 0 aliphatic carbocycles. The normalized spacial score (nSPS) is 12.2. The highest BCUT2D eigenvalue weighted by molar-refractivity contribution is 5.91. The van der Waals surface area contributed by atoms with Gasteiger partial charge in [-0.1, -0.05) is 39.0 Å². The van der Waals surface area contributed by atoms with E-state index in [-0.39, 0.29) is 12.3 Å². The van der Waals surface area contributed by atoms with Gasteiger partial charge in [0.05, 0.1) is 5.92 Å². The molecule has 0 saturated heterocycles. The van der Waals surface area contributed by atoms with Gasteiger partial charge in [0.2, 0.25) is 5.91 Å². The molecule has 0 spiro atoms. The number of nitrogens with one attached hydrogen (secondary N) is 1. The third kappa shape index (κ3) is 4.73. The van der Waals surface area contributed by atoms with E-state index in [9.17, 15) is 9.59 Å². The number of rotatable bonds is 6. The predicted molar refractivity (Wildman–Crippen MR) is 75.2 cm³/mol. The molecule has 1 unspecified atom stereocenters. The van der Waals surface area contributed by atoms with Crippen molar-refractivity contribution in [2.45, 2.75) is 39.5 Å². The van der Waals surface area contributed by atoms with Crippen LogP contribution in [0.15, 0.2) is 24.3 Å². The molecule has 0 aliphatic rings. The zero-order valence-corrected chi connectivity index (χ0v) is 11.6. The average molecular weight is 263 g/mol. The molecule has 1 aromatic rings. The average Bonchev–Trinajstić information content (AvgIpc) is 2.36. The summed E-state index contributed by atoms with van der Waals surface area (Å²) in [5.41, 5.74) is 1.90. The second-order valence-corrected chi connectivity index (χ2v) is 5.07. The molecule has 2 N–H and O–H groups in total. The van der Waals surface area contributed by atoms with E-state index in [0.717, 1.165) is 11.3 Å². The number of anilines is 1. The molecular formula is C15H21NO3. The standard InChI is InChI=1S/C15H21NO3/c1-10(2)12-6-4-5-7-13(12)16-14(17)9-8-11(3)15(18)19/h4-7,10-11H,8-9H2,1-3H3,(H,16,17)(H,18,19). The Kier molecular flexibility index (Phi) is 5.55. The Labute approximate surface area is 113 Å². The Morgan fingerprint density at radius 3 is 2.42 bits per heavy atom. The van der Waals surface area contributed by atoms with Gasteiger partial charge in [-0.05, 0) is 24.0 Å². The van der Waals surface area contributed by atoms with E-state index in [1.54, 1.807) is 6.92 Å². The minimum Gasteiger partial charge on any atom is -0.481 e. The van der Waals surface area contributed by atoms with E-state index < -0.39 is 11.9 Å². The first-order valence-corrected chi connectivity index (χ1v) is 6.53. The highest BCUT2D eigenvalue weighted by Gasteiger charge is 2.14. The summed E-state index contributed by atoms with van der Waals surface area (Å²) in [7, 11) is 0. The molecule has 0 aromatic heterocycles. The van der Waals surface area contributed by atoms with Gasteiger partial charge in [0.15, 0.2) is 0 Å². The predicted octanol–water partition coefficient (Wildman–Crippen LogP) is 3.25. The summed E-state index contributed by atoms with van der Waals surface area (Å²) < 4.78 is 0. The number of carbonyl (C=O) groups is 2. The van der Waals surface area contributed by atoms with Gasteiger partial charge in [-0.15, -0.1) is 0 Å². The summed E-state index contributed by atoms with van der Waals surface area (Å²) in [4.78, 5) is 22.5. The first kappa shape index (κ1) is 15.2. The van der Waals surface area contributed by atoms with Gasteiger partial charge in [0, 0.05) is 12.1 Å². The lowest BCUT2D eigenvalue weighted by Gasteiger charge is -2.14. The fourth-order valence-electron chi connectivity index (χ4n) is 1.80. The molecule has 1 atom stereocenters. The SMILES string of the molecule is CC(CCC(=O)Nc1ccccc1C(C)C)C(=O)O. The number of carboxylic acid groups (broad SMARTS) is 1. The molecule has 0 heterocycles. The first-order valence-electron chi connectivity index (χ1n) is 6.53. The lowest BCUT2D eigenvalue weighted by molar-refractivity contribution is -0.141. The van der Waals surface area contributed by atoms with Crippen LogP contribution in [-0.4, -0.2) is 17.0 Å². The van der Waals surface area contributed by atoms with Gasteiger partial charge in [-0.3, -0.25) is 9.59 Å². The number of carboxylic acids is 1. The number of para-hydroxylation sites is 1. The van der Waals surface area contributed by atoms with E-state index in [4.69, 9.17) is 5.11 Å². The Bertz CT molecular complexity index is 454. The second kappa shape index (κ2) is 6.92. The lowest BCUT2D eigenvalue weighted by atomic mass is 10.0. The topological polar surface area (TPSA) is 66.4 Å². The van der Waals surface area contributed by atoms with Gasteiger partial charge in [-0.2, -0.15) is 0 Å². The largest absolute Gasteiger partial charge is 0.481 e. The monoisotopic (exact) mass is 263 g/mol. The van der Waals surface area contributed by atoms with Crippen LogP contribution >= 0.6 is 0 Å². The van der Waals surface area contributed by atoms with Crippen molar-refractivity contribution in [3.63, 3.8) is 0 Å². The highest BCUT2D eigenvalue weighted by atomic mass is 16.4. The molecule has 0 aliphatic heterocycles. The number of hydrogen-bond donors (Lipinski definition) is 2. The maximum Gasteiger partial charge on any atom is 0.306 e. The van der Waals surface area contributed by atoms with Gasteiger partial charge in [-0.25, -0.2) is 0 Å². The molecule has 1 amide bonds. The zero-order chi connectivity index (χ0) is 14.4. The van der Waals surface area contributed by atoms with E-state index in [1.165, 1.54) is 0 Å². The molecule has 1 aromatic carbocycles. The number of aliphatic carboxylic acids is 1. The molecule has 0 radical (unpaired) electrons. The molecule has 104 valence electrons. The Morgan fingerprint density at radius 2 is 1.84 bits per heavy atom. The van der Waals surface area contributed by atoms with Crippen molar-refractivity contribution >= 4 is 17.6 Å². The van der Waals surface area contributed by atoms with Crippen LogP contribution < -0.4 is 5.32 Å². The van der Waals surface area contributed by atoms with Crippen molar-refractivity contribution in [1.82, 2.24) is 0 Å². The van der Waals surface area contributed by atoms with Gasteiger partial charge >= 0.3 is 5.97 Å². The Morgan fingerprint density at radius 1 is 1.21 bits per heavy atom. The van der Waals surface area contributed by atoms with Crippen molar-refractivity contribution in [3.05, 3.63) is 29.8 Å². The maximum atomic E-state index is 11.8. The first-order chi connectivity index (χ1) is 8.91. The van der Waals surface area contributed by atoms with Crippen LogP contribution in [0.1, 0.15) is 45.1 Å². The second-order valence-electron chi connectivity index (χ2n) is 5.07. The van der Waals surface area contributed by atoms with Crippen molar-refractivity contribution in [2.24, 2.45) is 5.92 Å². The van der Waals surface area contributed by atoms with Crippen molar-refractivity contribution < 1.29 is 14.7 Å². The molecule has 0 fully saturated rings. The van der Waals surface area contributed by atoms with Crippen molar-refractivity contribution in [2.75, 3.05) is 5.32 Å². The molecule has 0 saturated carbocycles. The summed E-state index contributed by atoms with van der Waals surface area (Å²) in [6.07, 6.45) is 0.574. The molecular weight excluding hydrogens is 242 g/mol. The van der Waals surface area contributed by atoms with Gasteiger partial charge in [0.1, 0.15) is 0 Å². The number of amides is 1. The fourth-order valence-corrected chi connectivity index (χ4v) is 1.80. The summed E-state index contributed by atoms with van der Waals surface area (Å²) in [5, 5.41) is 11.6. The van der Waals surface area contributed by atoms with E-state index in [2.05, 4.69) is 19.2 Å². The quantitative estimate of drug-likeness (QED) is 0.828. The Balaban J connectivity index is 2.60. The maximum absolute atomic E-state index is 11.8. The molecule has 4 nitrogen and oxygen atoms in total. The third-order valence-corrected chi connectivity index (χ3v) is 3.08. The van der Waals surface area contributed by atoms with E-state index in [1.807, 2.05) is 24.3 Å². The number of carbonyl (C=O) groups excluding carboxylic acids is 1. The van der Waals surface area contributed by atoms with Crippen LogP contribution in [0.4, 0.5) is 5.69 Å². The van der Waals surface area contributed by atoms with Crippen molar-refractivity contribution in [1.29, 1.82) is 0 Å². The molecule has 19 heavy (non-hydrogen) atoms. The van der Waals surface area contributed by atoms with Crippen LogP contribution in [0.3, 0.4) is 0 Å². The van der Waals surface area contributed by atoms with Crippen molar-refractivity contribution in [3.8, 4) is 0 Å². The van der Waals surface area contributed by atoms with Crippen LogP contribution in [0.5, 0.6) is 0 Å². The molecule has 4 heteroatoms. The van der Waals surface area contributed by atoms with E-state index >= 15 is 0 Å². The minimum absolute atomic E-state index is 0.138. The van der Waals surface area contributed by atoms with Gasteiger partial charge in [0.25, 0.3) is 0 Å².